The van der Waals surface area contributed by atoms with E-state index < -0.39 is 0 Å². The number of ether oxygens (including phenoxy) is 1. The molecule has 0 spiro atoms. The summed E-state index contributed by atoms with van der Waals surface area (Å²) in [6.45, 7) is 6.00. The SMILES string of the molecule is CCOC(=O)[C@@H]1CCCN(C(=O)c2cnc(-c3ccc(F)cc3)nc2N2CCCC[C@H]2C)C1. The summed E-state index contributed by atoms with van der Waals surface area (Å²) >= 11 is 0. The van der Waals surface area contributed by atoms with Gasteiger partial charge in [0.2, 0.25) is 0 Å². The number of halogens is 1. The van der Waals surface area contributed by atoms with Crippen LogP contribution in [0.25, 0.3) is 11.4 Å². The first-order valence-corrected chi connectivity index (χ1v) is 11.8. The van der Waals surface area contributed by atoms with Crippen LogP contribution in [0.1, 0.15) is 56.3 Å². The third kappa shape index (κ3) is 5.15. The van der Waals surface area contributed by atoms with Crippen LogP contribution >= 0.6 is 0 Å². The van der Waals surface area contributed by atoms with E-state index in [1.165, 1.54) is 12.1 Å². The van der Waals surface area contributed by atoms with Crippen molar-refractivity contribution in [2.24, 2.45) is 5.92 Å². The fraction of sp³-hybridized carbons (Fsp3) is 0.520. The van der Waals surface area contributed by atoms with Crippen molar-refractivity contribution in [1.29, 1.82) is 0 Å². The standard InChI is InChI=1S/C25H31FN4O3/c1-3-33-25(32)19-8-6-13-29(16-19)24(31)21-15-27-22(18-9-11-20(26)12-10-18)28-23(21)30-14-5-4-7-17(30)2/h9-12,15,17,19H,3-8,13-14,16H2,1-2H3/t17-,19-/m1/s1. The lowest BCUT2D eigenvalue weighted by Gasteiger charge is -2.37. The molecule has 3 heterocycles. The van der Waals surface area contributed by atoms with E-state index in [4.69, 9.17) is 9.72 Å². The zero-order chi connectivity index (χ0) is 23.4. The summed E-state index contributed by atoms with van der Waals surface area (Å²) in [7, 11) is 0. The molecule has 2 aliphatic heterocycles. The van der Waals surface area contributed by atoms with Gasteiger partial charge in [-0.3, -0.25) is 9.59 Å². The molecule has 176 valence electrons. The minimum Gasteiger partial charge on any atom is -0.466 e. The zero-order valence-corrected chi connectivity index (χ0v) is 19.3. The molecule has 0 N–H and O–H groups in total. The fourth-order valence-corrected chi connectivity index (χ4v) is 4.68. The Bertz CT molecular complexity index is 998. The number of carbonyl (C=O) groups excluding carboxylic acids is 2. The highest BCUT2D eigenvalue weighted by atomic mass is 19.1. The molecular formula is C25H31FN4O3. The van der Waals surface area contributed by atoms with Crippen molar-refractivity contribution >= 4 is 17.7 Å². The average molecular weight is 455 g/mol. The molecule has 1 aromatic carbocycles. The van der Waals surface area contributed by atoms with E-state index in [9.17, 15) is 14.0 Å². The minimum atomic E-state index is -0.323. The number of hydrogen-bond donors (Lipinski definition) is 0. The monoisotopic (exact) mass is 454 g/mol. The van der Waals surface area contributed by atoms with Gasteiger partial charge in [0, 0.05) is 37.4 Å². The van der Waals surface area contributed by atoms with E-state index in [0.717, 1.165) is 38.6 Å². The molecule has 2 aromatic rings. The summed E-state index contributed by atoms with van der Waals surface area (Å²) in [5, 5.41) is 0. The van der Waals surface area contributed by atoms with Gasteiger partial charge in [0.25, 0.3) is 5.91 Å². The molecule has 2 fully saturated rings. The predicted octanol–water partition coefficient (Wildman–Crippen LogP) is 4.08. The summed E-state index contributed by atoms with van der Waals surface area (Å²) in [5.41, 5.74) is 1.14. The van der Waals surface area contributed by atoms with Gasteiger partial charge >= 0.3 is 5.97 Å². The Hall–Kier alpha value is -3.03. The van der Waals surface area contributed by atoms with Crippen molar-refractivity contribution in [3.05, 3.63) is 41.8 Å². The number of esters is 1. The van der Waals surface area contributed by atoms with Crippen molar-refractivity contribution in [1.82, 2.24) is 14.9 Å². The highest BCUT2D eigenvalue weighted by molar-refractivity contribution is 5.99. The van der Waals surface area contributed by atoms with Gasteiger partial charge in [0.05, 0.1) is 12.5 Å². The molecule has 0 saturated carbocycles. The Morgan fingerprint density at radius 1 is 1.12 bits per heavy atom. The van der Waals surface area contributed by atoms with E-state index in [-0.39, 0.29) is 29.7 Å². The number of piperidine rings is 2. The average Bonchev–Trinajstić information content (AvgIpc) is 2.84. The molecular weight excluding hydrogens is 423 g/mol. The van der Waals surface area contributed by atoms with Gasteiger partial charge in [-0.2, -0.15) is 0 Å². The number of likely N-dealkylation sites (tertiary alicyclic amines) is 1. The first kappa shape index (κ1) is 23.1. The maximum absolute atomic E-state index is 13.6. The number of hydrogen-bond acceptors (Lipinski definition) is 6. The molecule has 0 unspecified atom stereocenters. The van der Waals surface area contributed by atoms with Gasteiger partial charge in [-0.15, -0.1) is 0 Å². The van der Waals surface area contributed by atoms with Gasteiger partial charge in [0.15, 0.2) is 5.82 Å². The molecule has 1 aromatic heterocycles. The number of nitrogens with zero attached hydrogens (tertiary/aromatic N) is 4. The van der Waals surface area contributed by atoms with Gasteiger partial charge in [-0.05, 0) is 70.2 Å². The maximum Gasteiger partial charge on any atom is 0.310 e. The van der Waals surface area contributed by atoms with Crippen molar-refractivity contribution < 1.29 is 18.7 Å². The minimum absolute atomic E-state index is 0.164. The second-order valence-corrected chi connectivity index (χ2v) is 8.82. The van der Waals surface area contributed by atoms with Gasteiger partial charge in [-0.25, -0.2) is 14.4 Å². The quantitative estimate of drug-likeness (QED) is 0.634. The van der Waals surface area contributed by atoms with Crippen molar-refractivity contribution in [2.75, 3.05) is 31.1 Å². The molecule has 33 heavy (non-hydrogen) atoms. The molecule has 2 aliphatic rings. The van der Waals surface area contributed by atoms with Crippen molar-refractivity contribution in [2.45, 2.75) is 52.0 Å². The Labute approximate surface area is 194 Å². The van der Waals surface area contributed by atoms with E-state index in [1.807, 2.05) is 0 Å². The molecule has 1 amide bonds. The number of anilines is 1. The van der Waals surface area contributed by atoms with Gasteiger partial charge in [-0.1, -0.05) is 0 Å². The van der Waals surface area contributed by atoms with Crippen LogP contribution in [0, 0.1) is 11.7 Å². The summed E-state index contributed by atoms with van der Waals surface area (Å²) in [6.07, 6.45) is 6.25. The number of carbonyl (C=O) groups is 2. The number of rotatable bonds is 5. The van der Waals surface area contributed by atoms with E-state index in [0.29, 0.717) is 42.5 Å². The Morgan fingerprint density at radius 2 is 1.91 bits per heavy atom. The largest absolute Gasteiger partial charge is 0.466 e. The first-order valence-electron chi connectivity index (χ1n) is 11.8. The number of benzene rings is 1. The lowest BCUT2D eigenvalue weighted by molar-refractivity contribution is -0.149. The predicted molar refractivity (Wildman–Crippen MR) is 123 cm³/mol. The van der Waals surface area contributed by atoms with E-state index in [1.54, 1.807) is 30.2 Å². The molecule has 7 nitrogen and oxygen atoms in total. The lowest BCUT2D eigenvalue weighted by Crippen LogP contribution is -2.44. The van der Waals surface area contributed by atoms with Crippen LogP contribution in [0.5, 0.6) is 0 Å². The van der Waals surface area contributed by atoms with Crippen LogP contribution in [-0.2, 0) is 9.53 Å². The molecule has 0 aliphatic carbocycles. The molecule has 4 rings (SSSR count). The van der Waals surface area contributed by atoms with E-state index >= 15 is 0 Å². The second-order valence-electron chi connectivity index (χ2n) is 8.82. The van der Waals surface area contributed by atoms with Gasteiger partial charge < -0.3 is 14.5 Å². The van der Waals surface area contributed by atoms with Crippen LogP contribution in [0.15, 0.2) is 30.5 Å². The summed E-state index contributed by atoms with van der Waals surface area (Å²) in [6, 6.07) is 6.29. The molecule has 8 heteroatoms. The molecule has 2 saturated heterocycles. The topological polar surface area (TPSA) is 75.6 Å². The second kappa shape index (κ2) is 10.3. The van der Waals surface area contributed by atoms with Crippen LogP contribution in [0.3, 0.4) is 0 Å². The summed E-state index contributed by atoms with van der Waals surface area (Å²) in [4.78, 5) is 39.0. The van der Waals surface area contributed by atoms with Crippen LogP contribution in [-0.4, -0.2) is 59.0 Å². The number of amides is 1. The summed E-state index contributed by atoms with van der Waals surface area (Å²) < 4.78 is 18.6. The fourth-order valence-electron chi connectivity index (χ4n) is 4.68. The summed E-state index contributed by atoms with van der Waals surface area (Å²) in [5.74, 6) is 0.0310. The number of aromatic nitrogens is 2. The zero-order valence-electron chi connectivity index (χ0n) is 19.3. The normalized spacial score (nSPS) is 21.1. The lowest BCUT2D eigenvalue weighted by atomic mass is 9.97. The van der Waals surface area contributed by atoms with Crippen molar-refractivity contribution in [3.63, 3.8) is 0 Å². The van der Waals surface area contributed by atoms with E-state index in [2.05, 4.69) is 16.8 Å². The van der Waals surface area contributed by atoms with Crippen LogP contribution in [0.2, 0.25) is 0 Å². The maximum atomic E-state index is 13.6. The van der Waals surface area contributed by atoms with Crippen LogP contribution in [0.4, 0.5) is 10.2 Å². The molecule has 2 atom stereocenters. The Kier molecular flexibility index (Phi) is 7.20. The highest BCUT2D eigenvalue weighted by Crippen LogP contribution is 2.30. The highest BCUT2D eigenvalue weighted by Gasteiger charge is 2.33. The Morgan fingerprint density at radius 3 is 2.64 bits per heavy atom. The third-order valence-electron chi connectivity index (χ3n) is 6.51. The van der Waals surface area contributed by atoms with Gasteiger partial charge in [0.1, 0.15) is 17.2 Å². The molecule has 0 radical (unpaired) electrons. The molecule has 0 bridgehead atoms. The van der Waals surface area contributed by atoms with Crippen LogP contribution < -0.4 is 4.90 Å². The van der Waals surface area contributed by atoms with Crippen molar-refractivity contribution in [3.8, 4) is 11.4 Å². The smallest absolute Gasteiger partial charge is 0.310 e. The third-order valence-corrected chi connectivity index (χ3v) is 6.51. The Balaban J connectivity index is 1.66. The first-order chi connectivity index (χ1) is 16.0.